The molecule has 0 aliphatic carbocycles. The van der Waals surface area contributed by atoms with E-state index >= 15 is 0 Å². The number of aromatic amines is 1. The molecule has 3 N–H and O–H groups in total. The van der Waals surface area contributed by atoms with Gasteiger partial charge in [-0.15, -0.1) is 5.10 Å². The van der Waals surface area contributed by atoms with E-state index in [1.54, 1.807) is 4.57 Å². The first-order valence-corrected chi connectivity index (χ1v) is 6.41. The van der Waals surface area contributed by atoms with Gasteiger partial charge in [0.1, 0.15) is 11.5 Å². The van der Waals surface area contributed by atoms with Crippen LogP contribution in [0.1, 0.15) is 13.8 Å². The summed E-state index contributed by atoms with van der Waals surface area (Å²) in [6.45, 7) is 4.97. The van der Waals surface area contributed by atoms with Gasteiger partial charge in [0.05, 0.1) is 18.9 Å². The summed E-state index contributed by atoms with van der Waals surface area (Å²) >= 11 is 5.18. The fourth-order valence-corrected chi connectivity index (χ4v) is 1.99. The highest BCUT2D eigenvalue weighted by Crippen LogP contribution is 2.29. The quantitative estimate of drug-likeness (QED) is 0.822. The molecule has 0 fully saturated rings. The molecule has 1 heterocycles. The first kappa shape index (κ1) is 13.4. The van der Waals surface area contributed by atoms with Gasteiger partial charge < -0.3 is 15.2 Å². The Kier molecular flexibility index (Phi) is 4.06. The summed E-state index contributed by atoms with van der Waals surface area (Å²) in [4.78, 5) is 0. The van der Waals surface area contributed by atoms with E-state index in [1.807, 2.05) is 32.0 Å². The van der Waals surface area contributed by atoms with E-state index in [0.29, 0.717) is 29.4 Å². The number of hydrogen-bond acceptors (Lipinski definition) is 5. The number of rotatable bonds is 5. The fraction of sp³-hybridized carbons (Fsp3) is 0.333. The number of ether oxygens (including phenoxy) is 2. The average molecular weight is 280 g/mol. The molecular weight excluding hydrogens is 264 g/mol. The van der Waals surface area contributed by atoms with E-state index < -0.39 is 0 Å². The van der Waals surface area contributed by atoms with Crippen molar-refractivity contribution in [2.24, 2.45) is 0 Å². The van der Waals surface area contributed by atoms with Gasteiger partial charge in [-0.2, -0.15) is 0 Å². The second-order valence-electron chi connectivity index (χ2n) is 3.72. The van der Waals surface area contributed by atoms with Crippen LogP contribution < -0.4 is 15.2 Å². The van der Waals surface area contributed by atoms with Gasteiger partial charge in [0.2, 0.25) is 10.7 Å². The molecule has 7 heteroatoms. The van der Waals surface area contributed by atoms with Crippen molar-refractivity contribution in [3.63, 3.8) is 0 Å². The zero-order valence-electron chi connectivity index (χ0n) is 10.8. The number of aromatic nitrogens is 3. The Morgan fingerprint density at radius 3 is 2.63 bits per heavy atom. The first-order chi connectivity index (χ1) is 9.17. The monoisotopic (exact) mass is 280 g/mol. The molecule has 1 aromatic heterocycles. The Morgan fingerprint density at radius 1 is 1.32 bits per heavy atom. The molecule has 0 atom stereocenters. The molecule has 0 unspecified atom stereocenters. The van der Waals surface area contributed by atoms with Gasteiger partial charge in [-0.05, 0) is 38.2 Å². The molecular formula is C12H16N4O2S. The van der Waals surface area contributed by atoms with Crippen LogP contribution in [-0.2, 0) is 0 Å². The van der Waals surface area contributed by atoms with Crippen molar-refractivity contribution >= 4 is 18.2 Å². The Morgan fingerprint density at radius 2 is 2.05 bits per heavy atom. The Bertz CT molecular complexity index is 620. The summed E-state index contributed by atoms with van der Waals surface area (Å²) in [5.41, 5.74) is 6.53. The van der Waals surface area contributed by atoms with Crippen LogP contribution in [0.4, 0.5) is 5.95 Å². The van der Waals surface area contributed by atoms with Crippen molar-refractivity contribution < 1.29 is 9.47 Å². The van der Waals surface area contributed by atoms with E-state index in [-0.39, 0.29) is 5.95 Å². The van der Waals surface area contributed by atoms with Crippen molar-refractivity contribution in [2.45, 2.75) is 13.8 Å². The summed E-state index contributed by atoms with van der Waals surface area (Å²) < 4.78 is 13.1. The summed E-state index contributed by atoms with van der Waals surface area (Å²) in [6, 6.07) is 5.51. The molecule has 2 rings (SSSR count). The van der Waals surface area contributed by atoms with Crippen molar-refractivity contribution in [3.8, 4) is 17.2 Å². The highest BCUT2D eigenvalue weighted by molar-refractivity contribution is 7.71. The van der Waals surface area contributed by atoms with Gasteiger partial charge in [0.25, 0.3) is 0 Å². The van der Waals surface area contributed by atoms with Gasteiger partial charge in [-0.3, -0.25) is 4.57 Å². The molecule has 0 aliphatic rings. The predicted octanol–water partition coefficient (Wildman–Crippen LogP) is 2.31. The highest BCUT2D eigenvalue weighted by atomic mass is 32.1. The van der Waals surface area contributed by atoms with Crippen molar-refractivity contribution in [1.29, 1.82) is 0 Å². The maximum absolute atomic E-state index is 5.82. The molecule has 0 saturated heterocycles. The molecule has 1 aromatic carbocycles. The summed E-state index contributed by atoms with van der Waals surface area (Å²) in [6.07, 6.45) is 0. The molecule has 2 aromatic rings. The minimum Gasteiger partial charge on any atom is -0.494 e. The summed E-state index contributed by atoms with van der Waals surface area (Å²) in [7, 11) is 0. The topological polar surface area (TPSA) is 78.1 Å². The van der Waals surface area contributed by atoms with E-state index in [4.69, 9.17) is 27.4 Å². The first-order valence-electron chi connectivity index (χ1n) is 6.00. The number of nitrogens with one attached hydrogen (secondary N) is 1. The molecule has 0 aliphatic heterocycles. The zero-order valence-corrected chi connectivity index (χ0v) is 11.7. The normalized spacial score (nSPS) is 10.4. The minimum atomic E-state index is 0.277. The number of hydrogen-bond donors (Lipinski definition) is 2. The molecule has 0 spiro atoms. The van der Waals surface area contributed by atoms with Crippen LogP contribution in [0.2, 0.25) is 0 Å². The van der Waals surface area contributed by atoms with E-state index in [2.05, 4.69) is 10.2 Å². The standard InChI is InChI=1S/C12H16N4O2S/c1-3-17-8-5-6-10(18-4-2)9(7-8)16-11(13)14-15-12(16)19/h5-7H,3-4H2,1-2H3,(H2,13,14)(H,15,19). The smallest absolute Gasteiger partial charge is 0.225 e. The van der Waals surface area contributed by atoms with Gasteiger partial charge >= 0.3 is 0 Å². The molecule has 0 bridgehead atoms. The van der Waals surface area contributed by atoms with Crippen LogP contribution in [0.5, 0.6) is 11.5 Å². The molecule has 0 amide bonds. The van der Waals surface area contributed by atoms with Crippen LogP contribution >= 0.6 is 12.2 Å². The van der Waals surface area contributed by atoms with Crippen molar-refractivity contribution in [1.82, 2.24) is 14.8 Å². The Labute approximate surface area is 116 Å². The summed E-state index contributed by atoms with van der Waals surface area (Å²) in [5.74, 6) is 1.68. The number of anilines is 1. The van der Waals surface area contributed by atoms with Crippen LogP contribution in [0.15, 0.2) is 18.2 Å². The molecule has 102 valence electrons. The lowest BCUT2D eigenvalue weighted by Gasteiger charge is -2.13. The van der Waals surface area contributed by atoms with Gasteiger partial charge in [0.15, 0.2) is 0 Å². The number of H-pyrrole nitrogens is 1. The number of nitrogen functional groups attached to an aromatic ring is 1. The second kappa shape index (κ2) is 5.75. The third-order valence-electron chi connectivity index (χ3n) is 2.48. The lowest BCUT2D eigenvalue weighted by molar-refractivity contribution is 0.329. The number of benzene rings is 1. The van der Waals surface area contributed by atoms with E-state index in [0.717, 1.165) is 5.75 Å². The SMILES string of the molecule is CCOc1ccc(OCC)c(-n2c(N)n[nH]c2=S)c1. The highest BCUT2D eigenvalue weighted by Gasteiger charge is 2.12. The zero-order chi connectivity index (χ0) is 13.8. The van der Waals surface area contributed by atoms with Crippen LogP contribution in [0, 0.1) is 4.77 Å². The molecule has 6 nitrogen and oxygen atoms in total. The summed E-state index contributed by atoms with van der Waals surface area (Å²) in [5, 5.41) is 6.55. The van der Waals surface area contributed by atoms with Gasteiger partial charge in [-0.25, -0.2) is 5.10 Å². The molecule has 0 saturated carbocycles. The Balaban J connectivity index is 2.57. The van der Waals surface area contributed by atoms with Crippen LogP contribution in [0.25, 0.3) is 5.69 Å². The van der Waals surface area contributed by atoms with E-state index in [1.165, 1.54) is 0 Å². The Hall–Kier alpha value is -2.02. The van der Waals surface area contributed by atoms with Crippen molar-refractivity contribution in [2.75, 3.05) is 18.9 Å². The number of nitrogens with zero attached hydrogens (tertiary/aromatic N) is 2. The maximum Gasteiger partial charge on any atom is 0.225 e. The van der Waals surface area contributed by atoms with Gasteiger partial charge in [0, 0.05) is 6.07 Å². The predicted molar refractivity (Wildman–Crippen MR) is 75.5 cm³/mol. The van der Waals surface area contributed by atoms with Crippen molar-refractivity contribution in [3.05, 3.63) is 23.0 Å². The van der Waals surface area contributed by atoms with Crippen LogP contribution in [-0.4, -0.2) is 28.0 Å². The fourth-order valence-electron chi connectivity index (χ4n) is 1.75. The third-order valence-corrected chi connectivity index (χ3v) is 2.75. The second-order valence-corrected chi connectivity index (χ2v) is 4.10. The lowest BCUT2D eigenvalue weighted by Crippen LogP contribution is -2.05. The lowest BCUT2D eigenvalue weighted by atomic mass is 10.2. The molecule has 0 radical (unpaired) electrons. The molecule has 19 heavy (non-hydrogen) atoms. The largest absolute Gasteiger partial charge is 0.494 e. The minimum absolute atomic E-state index is 0.277. The van der Waals surface area contributed by atoms with E-state index in [9.17, 15) is 0 Å². The number of nitrogens with two attached hydrogens (primary N) is 1. The van der Waals surface area contributed by atoms with Crippen LogP contribution in [0.3, 0.4) is 0 Å². The maximum atomic E-state index is 5.82. The average Bonchev–Trinajstić information content (AvgIpc) is 2.72. The van der Waals surface area contributed by atoms with Gasteiger partial charge in [-0.1, -0.05) is 0 Å². The third kappa shape index (κ3) is 2.70.